The summed E-state index contributed by atoms with van der Waals surface area (Å²) < 4.78 is 0. The molecule has 0 fully saturated rings. The number of hydrogen-bond acceptors (Lipinski definition) is 12. The first-order chi connectivity index (χ1) is 25.9. The summed E-state index contributed by atoms with van der Waals surface area (Å²) in [6.45, 7) is -2.25. The predicted molar refractivity (Wildman–Crippen MR) is 206 cm³/mol. The van der Waals surface area contributed by atoms with Crippen LogP contribution >= 0.6 is 24.4 Å². The van der Waals surface area contributed by atoms with Crippen molar-refractivity contribution in [2.75, 3.05) is 26.2 Å². The summed E-state index contributed by atoms with van der Waals surface area (Å²) in [6, 6.07) is 22.3. The maximum absolute atomic E-state index is 11.6. The number of hydrogen-bond donors (Lipinski definition) is 4. The van der Waals surface area contributed by atoms with Gasteiger partial charge in [-0.1, -0.05) is 24.3 Å². The Labute approximate surface area is 321 Å². The zero-order valence-electron chi connectivity index (χ0n) is 28.9. The van der Waals surface area contributed by atoms with E-state index in [1.54, 1.807) is 12.1 Å². The van der Waals surface area contributed by atoms with Gasteiger partial charge in [-0.25, -0.2) is 9.97 Å². The summed E-state index contributed by atoms with van der Waals surface area (Å²) >= 11 is 9.37. The lowest BCUT2D eigenvalue weighted by Gasteiger charge is -2.20. The highest BCUT2D eigenvalue weighted by atomic mass is 32.1. The fraction of sp³-hybridized carbons (Fsp3) is 0.263. The van der Waals surface area contributed by atoms with Gasteiger partial charge in [-0.2, -0.15) is 9.98 Å². The van der Waals surface area contributed by atoms with Crippen LogP contribution in [0.4, 0.5) is 11.4 Å². The average molecular weight is 769 g/mol. The van der Waals surface area contributed by atoms with Crippen LogP contribution in [0.1, 0.15) is 33.6 Å². The SMILES string of the molecule is O=C(O)CN(CC(=O)O)Cc1cc(CCc2ccc(N=C=S)cc2)cc(-c2cc(CCc3ccc(N=C=S)cc3)cc(CN(CC(=O)O)CC(=O)O)n2)n1. The summed E-state index contributed by atoms with van der Waals surface area (Å²) in [6.07, 6.45) is 2.31. The highest BCUT2D eigenvalue weighted by molar-refractivity contribution is 7.78. The lowest BCUT2D eigenvalue weighted by molar-refractivity contribution is -0.144. The van der Waals surface area contributed by atoms with Crippen molar-refractivity contribution in [2.45, 2.75) is 38.8 Å². The number of carbonyl (C=O) groups is 4. The van der Waals surface area contributed by atoms with Crippen molar-refractivity contribution < 1.29 is 39.6 Å². The van der Waals surface area contributed by atoms with Gasteiger partial charge in [0.25, 0.3) is 0 Å². The first-order valence-corrected chi connectivity index (χ1v) is 17.4. The number of pyridine rings is 2. The quantitative estimate of drug-likeness (QED) is 0.0641. The lowest BCUT2D eigenvalue weighted by atomic mass is 10.0. The van der Waals surface area contributed by atoms with Gasteiger partial charge in [0.1, 0.15) is 0 Å². The second-order valence-electron chi connectivity index (χ2n) is 12.3. The number of aryl methyl sites for hydroxylation is 4. The Balaban J connectivity index is 1.77. The maximum Gasteiger partial charge on any atom is 0.317 e. The number of aliphatic imine (C=N–C) groups is 2. The molecule has 278 valence electrons. The molecule has 4 rings (SSSR count). The van der Waals surface area contributed by atoms with Crippen molar-refractivity contribution in [3.8, 4) is 11.4 Å². The summed E-state index contributed by atoms with van der Waals surface area (Å²) in [7, 11) is 0. The molecule has 0 saturated heterocycles. The summed E-state index contributed by atoms with van der Waals surface area (Å²) in [5.74, 6) is -4.77. The predicted octanol–water partition coefficient (Wildman–Crippen LogP) is 5.13. The van der Waals surface area contributed by atoms with Crippen LogP contribution < -0.4 is 0 Å². The third-order valence-electron chi connectivity index (χ3n) is 7.97. The number of thiocarbonyl (C=S) groups is 2. The van der Waals surface area contributed by atoms with Gasteiger partial charge >= 0.3 is 23.9 Å². The number of rotatable bonds is 21. The number of benzene rings is 2. The Hall–Kier alpha value is -5.86. The molecular weight excluding hydrogens is 733 g/mol. The topological polar surface area (TPSA) is 206 Å². The van der Waals surface area contributed by atoms with E-state index in [1.807, 2.05) is 60.7 Å². The van der Waals surface area contributed by atoms with E-state index in [9.17, 15) is 39.6 Å². The van der Waals surface area contributed by atoms with Gasteiger partial charge in [0.15, 0.2) is 0 Å². The molecule has 4 aromatic rings. The third-order valence-corrected chi connectivity index (χ3v) is 8.15. The molecule has 0 amide bonds. The molecular formula is C38H36N6O8S2. The Bertz CT molecular complexity index is 1900. The minimum Gasteiger partial charge on any atom is -0.480 e. The third kappa shape index (κ3) is 13.9. The first kappa shape index (κ1) is 40.9. The van der Waals surface area contributed by atoms with Crippen LogP contribution in [0.25, 0.3) is 11.4 Å². The number of carboxylic acids is 4. The zero-order valence-corrected chi connectivity index (χ0v) is 30.6. The molecule has 16 heteroatoms. The summed E-state index contributed by atoms with van der Waals surface area (Å²) in [4.78, 5) is 66.5. The molecule has 2 heterocycles. The second kappa shape index (κ2) is 20.4. The summed E-state index contributed by atoms with van der Waals surface area (Å²) in [5.41, 5.74) is 6.70. The van der Waals surface area contributed by atoms with Crippen molar-refractivity contribution in [1.82, 2.24) is 19.8 Å². The standard InChI is InChI=1S/C38H36N6O8S2/c45-35(46)19-43(20-36(47)48)17-31-13-27(3-1-25-5-9-29(10-6-25)39-23-53)15-33(41-31)34-16-28(4-2-26-7-11-30(12-8-26)40-24-54)14-32(42-34)18-44(21-37(49)50)22-38(51)52/h5-16H,1-4,17-22H2,(H,45,46)(H,47,48)(H,49,50)(H,51,52). The molecule has 0 atom stereocenters. The smallest absolute Gasteiger partial charge is 0.317 e. The number of carboxylic acid groups (broad SMARTS) is 4. The summed E-state index contributed by atoms with van der Waals surface area (Å²) in [5, 5.41) is 42.6. The Morgan fingerprint density at radius 1 is 0.519 bits per heavy atom. The highest BCUT2D eigenvalue weighted by Crippen LogP contribution is 2.24. The van der Waals surface area contributed by atoms with Crippen LogP contribution in [0.5, 0.6) is 0 Å². The van der Waals surface area contributed by atoms with Crippen LogP contribution in [0.15, 0.2) is 82.8 Å². The molecule has 4 N–H and O–H groups in total. The molecule has 0 aliphatic heterocycles. The van der Waals surface area contributed by atoms with E-state index in [0.29, 0.717) is 59.8 Å². The average Bonchev–Trinajstić information content (AvgIpc) is 3.10. The highest BCUT2D eigenvalue weighted by Gasteiger charge is 2.19. The number of aliphatic carboxylic acids is 4. The molecule has 0 saturated carbocycles. The van der Waals surface area contributed by atoms with Gasteiger partial charge in [0, 0.05) is 13.1 Å². The van der Waals surface area contributed by atoms with E-state index in [4.69, 9.17) is 9.97 Å². The Kier molecular flexibility index (Phi) is 15.5. The molecule has 14 nitrogen and oxygen atoms in total. The van der Waals surface area contributed by atoms with Crippen LogP contribution in [0.3, 0.4) is 0 Å². The van der Waals surface area contributed by atoms with Gasteiger partial charge in [-0.05, 0) is 121 Å². The zero-order chi connectivity index (χ0) is 39.0. The number of aromatic nitrogens is 2. The van der Waals surface area contributed by atoms with Crippen LogP contribution in [0.2, 0.25) is 0 Å². The van der Waals surface area contributed by atoms with Gasteiger partial charge < -0.3 is 20.4 Å². The first-order valence-electron chi connectivity index (χ1n) is 16.5. The molecule has 2 aromatic carbocycles. The minimum atomic E-state index is -1.19. The molecule has 0 spiro atoms. The van der Waals surface area contributed by atoms with Crippen LogP contribution in [-0.4, -0.2) is 101 Å². The van der Waals surface area contributed by atoms with Crippen molar-refractivity contribution in [1.29, 1.82) is 0 Å². The molecule has 0 bridgehead atoms. The second-order valence-corrected chi connectivity index (χ2v) is 12.7. The largest absolute Gasteiger partial charge is 0.480 e. The van der Waals surface area contributed by atoms with Crippen molar-refractivity contribution in [3.63, 3.8) is 0 Å². The fourth-order valence-electron chi connectivity index (χ4n) is 5.73. The number of nitrogens with zero attached hydrogens (tertiary/aromatic N) is 6. The fourth-order valence-corrected chi connectivity index (χ4v) is 5.94. The van der Waals surface area contributed by atoms with Crippen molar-refractivity contribution >= 4 is 70.0 Å². The van der Waals surface area contributed by atoms with Gasteiger partial charge in [0.05, 0.1) is 70.7 Å². The normalized spacial score (nSPS) is 10.8. The van der Waals surface area contributed by atoms with Crippen molar-refractivity contribution in [2.24, 2.45) is 9.98 Å². The molecule has 0 aliphatic carbocycles. The van der Waals surface area contributed by atoms with E-state index in [-0.39, 0.29) is 13.1 Å². The molecule has 0 aliphatic rings. The Morgan fingerprint density at radius 3 is 1.13 bits per heavy atom. The van der Waals surface area contributed by atoms with Gasteiger partial charge in [-0.15, -0.1) is 0 Å². The molecule has 54 heavy (non-hydrogen) atoms. The number of isothiocyanates is 2. The monoisotopic (exact) mass is 768 g/mol. The van der Waals surface area contributed by atoms with E-state index in [2.05, 4.69) is 44.7 Å². The minimum absolute atomic E-state index is 0.0788. The van der Waals surface area contributed by atoms with Crippen LogP contribution in [0, 0.1) is 0 Å². The maximum atomic E-state index is 11.6. The lowest BCUT2D eigenvalue weighted by Crippen LogP contribution is -2.34. The molecule has 2 aromatic heterocycles. The van der Waals surface area contributed by atoms with E-state index in [0.717, 1.165) is 22.3 Å². The Morgan fingerprint density at radius 2 is 0.833 bits per heavy atom. The van der Waals surface area contributed by atoms with Gasteiger partial charge in [-0.3, -0.25) is 29.0 Å². The van der Waals surface area contributed by atoms with E-state index < -0.39 is 50.1 Å². The van der Waals surface area contributed by atoms with E-state index >= 15 is 0 Å². The molecule has 0 radical (unpaired) electrons. The van der Waals surface area contributed by atoms with E-state index in [1.165, 1.54) is 9.80 Å². The van der Waals surface area contributed by atoms with Crippen LogP contribution in [-0.2, 0) is 58.0 Å². The van der Waals surface area contributed by atoms with Crippen molar-refractivity contribution in [3.05, 3.63) is 106 Å². The van der Waals surface area contributed by atoms with Gasteiger partial charge in [0.2, 0.25) is 0 Å². The molecule has 0 unspecified atom stereocenters.